The summed E-state index contributed by atoms with van der Waals surface area (Å²) in [7, 11) is 2.13. The molecule has 2 aromatic carbocycles. The minimum atomic E-state index is 0.0677. The lowest BCUT2D eigenvalue weighted by molar-refractivity contribution is -0.658. The monoisotopic (exact) mass is 424 g/mol. The Kier molecular flexibility index (Phi) is 5.62. The van der Waals surface area contributed by atoms with E-state index in [0.717, 1.165) is 22.6 Å². The lowest BCUT2D eigenvalue weighted by Crippen LogP contribution is -2.32. The molecule has 0 saturated heterocycles. The summed E-state index contributed by atoms with van der Waals surface area (Å²) in [4.78, 5) is 9.69. The van der Waals surface area contributed by atoms with Gasteiger partial charge in [0.2, 0.25) is 5.69 Å². The fraction of sp³-hybridized carbons (Fsp3) is 0.345. The minimum absolute atomic E-state index is 0.0677. The molecule has 0 radical (unpaired) electrons. The van der Waals surface area contributed by atoms with Crippen molar-refractivity contribution in [2.45, 2.75) is 59.8 Å². The Balaban J connectivity index is 2.10. The highest BCUT2D eigenvalue weighted by Crippen LogP contribution is 2.38. The quantitative estimate of drug-likeness (QED) is 0.338. The first-order chi connectivity index (χ1) is 15.1. The maximum atomic E-state index is 4.85. The summed E-state index contributed by atoms with van der Waals surface area (Å²) in [6, 6.07) is 13.2. The van der Waals surface area contributed by atoms with Crippen LogP contribution >= 0.6 is 0 Å². The summed E-state index contributed by atoms with van der Waals surface area (Å²) in [6.07, 6.45) is 6.17. The number of benzene rings is 2. The highest BCUT2D eigenvalue weighted by atomic mass is 14.9. The third-order valence-corrected chi connectivity index (χ3v) is 6.50. The van der Waals surface area contributed by atoms with Crippen molar-refractivity contribution in [2.75, 3.05) is 0 Å². The van der Waals surface area contributed by atoms with Gasteiger partial charge in [0.1, 0.15) is 7.05 Å². The highest BCUT2D eigenvalue weighted by molar-refractivity contribution is 5.99. The minimum Gasteiger partial charge on any atom is -0.236 e. The van der Waals surface area contributed by atoms with Gasteiger partial charge in [-0.15, -0.1) is 0 Å². The summed E-state index contributed by atoms with van der Waals surface area (Å²) in [5, 5.41) is 2.36. The van der Waals surface area contributed by atoms with Crippen LogP contribution in [-0.2, 0) is 12.5 Å². The van der Waals surface area contributed by atoms with Crippen molar-refractivity contribution >= 4 is 10.8 Å². The zero-order chi connectivity index (χ0) is 23.2. The smallest absolute Gasteiger partial charge is 0.224 e. The molecule has 0 amide bonds. The second-order valence-corrected chi connectivity index (χ2v) is 10.3. The van der Waals surface area contributed by atoms with E-state index in [9.17, 15) is 0 Å². The van der Waals surface area contributed by atoms with Gasteiger partial charge in [0.15, 0.2) is 12.0 Å². The van der Waals surface area contributed by atoms with Crippen LogP contribution in [-0.4, -0.2) is 9.97 Å². The Labute approximate surface area is 192 Å². The first-order valence-corrected chi connectivity index (χ1v) is 11.4. The molecule has 0 aliphatic carbocycles. The van der Waals surface area contributed by atoms with Crippen LogP contribution in [0, 0.1) is 13.8 Å². The average molecular weight is 425 g/mol. The fourth-order valence-corrected chi connectivity index (χ4v) is 4.27. The summed E-state index contributed by atoms with van der Waals surface area (Å²) in [5.41, 5.74) is 8.66. The van der Waals surface area contributed by atoms with Gasteiger partial charge < -0.3 is 0 Å². The molecule has 0 N–H and O–H groups in total. The lowest BCUT2D eigenvalue weighted by atomic mass is 9.82. The predicted octanol–water partition coefficient (Wildman–Crippen LogP) is 6.83. The van der Waals surface area contributed by atoms with E-state index >= 15 is 0 Å². The second-order valence-electron chi connectivity index (χ2n) is 10.3. The normalized spacial score (nSPS) is 12.0. The SMILES string of the molecule is Cc1cc(C(C)(C)C)cc(-c2c(-c3ncc(C(C)C)cn3)c3ccccc3c[n+]2C)c1C. The summed E-state index contributed by atoms with van der Waals surface area (Å²) < 4.78 is 2.24. The summed E-state index contributed by atoms with van der Waals surface area (Å²) >= 11 is 0. The lowest BCUT2D eigenvalue weighted by Gasteiger charge is -2.22. The van der Waals surface area contributed by atoms with E-state index in [-0.39, 0.29) is 5.41 Å². The molecule has 164 valence electrons. The topological polar surface area (TPSA) is 29.7 Å². The molecule has 3 nitrogen and oxygen atoms in total. The molecule has 2 aromatic heterocycles. The summed E-state index contributed by atoms with van der Waals surface area (Å²) in [5.74, 6) is 1.18. The van der Waals surface area contributed by atoms with Crippen molar-refractivity contribution in [1.29, 1.82) is 0 Å². The molecule has 3 heteroatoms. The number of fused-ring (bicyclic) bond motifs is 1. The average Bonchev–Trinajstić information content (AvgIpc) is 2.74. The van der Waals surface area contributed by atoms with Crippen LogP contribution in [0.3, 0.4) is 0 Å². The molecule has 0 atom stereocenters. The third kappa shape index (κ3) is 3.92. The van der Waals surface area contributed by atoms with Crippen LogP contribution in [0.4, 0.5) is 0 Å². The summed E-state index contributed by atoms with van der Waals surface area (Å²) in [6.45, 7) is 15.6. The number of hydrogen-bond donors (Lipinski definition) is 0. The number of aryl methyl sites for hydroxylation is 2. The van der Waals surface area contributed by atoms with E-state index < -0.39 is 0 Å². The third-order valence-electron chi connectivity index (χ3n) is 6.50. The van der Waals surface area contributed by atoms with E-state index in [1.54, 1.807) is 0 Å². The Morgan fingerprint density at radius 2 is 1.59 bits per heavy atom. The van der Waals surface area contributed by atoms with Crippen molar-refractivity contribution < 1.29 is 4.57 Å². The predicted molar refractivity (Wildman–Crippen MR) is 134 cm³/mol. The Bertz CT molecular complexity index is 1290. The van der Waals surface area contributed by atoms with Crippen LogP contribution in [0.5, 0.6) is 0 Å². The van der Waals surface area contributed by atoms with Gasteiger partial charge in [-0.05, 0) is 59.6 Å². The number of nitrogens with zero attached hydrogens (tertiary/aromatic N) is 3. The molecule has 0 spiro atoms. The van der Waals surface area contributed by atoms with Gasteiger partial charge in [-0.3, -0.25) is 0 Å². The van der Waals surface area contributed by atoms with Gasteiger partial charge in [0.25, 0.3) is 0 Å². The Hall–Kier alpha value is -3.07. The van der Waals surface area contributed by atoms with E-state index in [1.165, 1.54) is 33.0 Å². The standard InChI is InChI=1S/C29H34N3/c1-18(2)22-15-30-28(31-16-22)26-24-12-10-9-11-21(24)17-32(8)27(26)25-14-23(29(5,6)7)13-19(3)20(25)4/h9-18H,1-8H3/q+1. The van der Waals surface area contributed by atoms with Gasteiger partial charge in [-0.1, -0.05) is 58.9 Å². The van der Waals surface area contributed by atoms with Crippen molar-refractivity contribution in [2.24, 2.45) is 7.05 Å². The molecular weight excluding hydrogens is 390 g/mol. The Morgan fingerprint density at radius 1 is 0.938 bits per heavy atom. The van der Waals surface area contributed by atoms with Crippen molar-refractivity contribution in [3.05, 3.63) is 77.2 Å². The second kappa shape index (κ2) is 8.12. The van der Waals surface area contributed by atoms with E-state index in [4.69, 9.17) is 9.97 Å². The Morgan fingerprint density at radius 3 is 2.22 bits per heavy atom. The van der Waals surface area contributed by atoms with Crippen LogP contribution in [0.2, 0.25) is 0 Å². The molecule has 4 aromatic rings. The largest absolute Gasteiger partial charge is 0.236 e. The van der Waals surface area contributed by atoms with E-state index in [2.05, 4.69) is 103 Å². The molecule has 0 bridgehead atoms. The number of hydrogen-bond acceptors (Lipinski definition) is 2. The highest BCUT2D eigenvalue weighted by Gasteiger charge is 2.27. The molecule has 0 fully saturated rings. The maximum Gasteiger partial charge on any atom is 0.224 e. The van der Waals surface area contributed by atoms with Crippen molar-refractivity contribution in [3.63, 3.8) is 0 Å². The number of pyridine rings is 1. The molecule has 0 aliphatic rings. The fourth-order valence-electron chi connectivity index (χ4n) is 4.27. The molecule has 0 aliphatic heterocycles. The van der Waals surface area contributed by atoms with Gasteiger partial charge in [0.05, 0.1) is 11.1 Å². The molecular formula is C29H34N3+. The van der Waals surface area contributed by atoms with E-state index in [1.807, 2.05) is 12.4 Å². The molecule has 2 heterocycles. The first-order valence-electron chi connectivity index (χ1n) is 11.4. The first kappa shape index (κ1) is 22.1. The molecule has 0 unspecified atom stereocenters. The van der Waals surface area contributed by atoms with Crippen LogP contribution in [0.1, 0.15) is 62.8 Å². The zero-order valence-electron chi connectivity index (χ0n) is 20.6. The van der Waals surface area contributed by atoms with Gasteiger partial charge in [-0.25, -0.2) is 9.97 Å². The van der Waals surface area contributed by atoms with Gasteiger partial charge in [-0.2, -0.15) is 4.57 Å². The molecule has 32 heavy (non-hydrogen) atoms. The van der Waals surface area contributed by atoms with Gasteiger partial charge in [0, 0.05) is 23.2 Å². The van der Waals surface area contributed by atoms with E-state index in [0.29, 0.717) is 5.92 Å². The maximum absolute atomic E-state index is 4.85. The molecule has 4 rings (SSSR count). The number of rotatable bonds is 3. The van der Waals surface area contributed by atoms with Crippen molar-refractivity contribution in [3.8, 4) is 22.6 Å². The zero-order valence-corrected chi connectivity index (χ0v) is 20.6. The van der Waals surface area contributed by atoms with Crippen LogP contribution in [0.15, 0.2) is 55.0 Å². The van der Waals surface area contributed by atoms with Crippen LogP contribution < -0.4 is 4.57 Å². The van der Waals surface area contributed by atoms with Crippen molar-refractivity contribution in [1.82, 2.24) is 9.97 Å². The van der Waals surface area contributed by atoms with Gasteiger partial charge >= 0.3 is 0 Å². The molecule has 0 saturated carbocycles. The van der Waals surface area contributed by atoms with Crippen LogP contribution in [0.25, 0.3) is 33.4 Å². The number of aromatic nitrogens is 3.